The summed E-state index contributed by atoms with van der Waals surface area (Å²) < 4.78 is 17.3. The number of para-hydroxylation sites is 1. The van der Waals surface area contributed by atoms with Crippen molar-refractivity contribution in [2.75, 3.05) is 11.9 Å². The Bertz CT molecular complexity index is 792. The molecule has 0 spiro atoms. The minimum atomic E-state index is -0.528. The minimum Gasteiger partial charge on any atom is -0.492 e. The van der Waals surface area contributed by atoms with Crippen molar-refractivity contribution in [1.82, 2.24) is 0 Å². The topological polar surface area (TPSA) is 56.8 Å². The molecule has 2 aliphatic heterocycles. The summed E-state index contributed by atoms with van der Waals surface area (Å²) in [6, 6.07) is 11.5. The lowest BCUT2D eigenvalue weighted by Gasteiger charge is -2.16. The van der Waals surface area contributed by atoms with Gasteiger partial charge in [-0.25, -0.2) is 0 Å². The molecular formula is C20H21NO4. The number of rotatable bonds is 4. The molecule has 5 nitrogen and oxygen atoms in total. The highest BCUT2D eigenvalue weighted by molar-refractivity contribution is 5.96. The van der Waals surface area contributed by atoms with Crippen molar-refractivity contribution >= 4 is 11.6 Å². The second-order valence-corrected chi connectivity index (χ2v) is 6.43. The van der Waals surface area contributed by atoms with Crippen LogP contribution in [0, 0.1) is 0 Å². The number of anilines is 1. The van der Waals surface area contributed by atoms with Crippen molar-refractivity contribution in [1.29, 1.82) is 0 Å². The van der Waals surface area contributed by atoms with Crippen molar-refractivity contribution in [2.24, 2.45) is 0 Å². The SMILES string of the molecule is CCOc1cc2c(cc1NC(=O)C1Cc3ccccc3O1)OC(C)C2. The third-order valence-corrected chi connectivity index (χ3v) is 4.50. The van der Waals surface area contributed by atoms with Gasteiger partial charge in [0.2, 0.25) is 0 Å². The molecule has 2 heterocycles. The maximum atomic E-state index is 12.7. The van der Waals surface area contributed by atoms with E-state index >= 15 is 0 Å². The highest BCUT2D eigenvalue weighted by atomic mass is 16.5. The molecule has 1 N–H and O–H groups in total. The summed E-state index contributed by atoms with van der Waals surface area (Å²) in [6.45, 7) is 4.49. The Balaban J connectivity index is 1.54. The zero-order valence-electron chi connectivity index (χ0n) is 14.4. The van der Waals surface area contributed by atoms with Gasteiger partial charge in [-0.1, -0.05) is 18.2 Å². The second kappa shape index (κ2) is 6.31. The van der Waals surface area contributed by atoms with Crippen LogP contribution < -0.4 is 19.5 Å². The first-order chi connectivity index (χ1) is 12.1. The fourth-order valence-corrected chi connectivity index (χ4v) is 3.35. The zero-order valence-corrected chi connectivity index (χ0v) is 14.4. The quantitative estimate of drug-likeness (QED) is 0.928. The number of amides is 1. The van der Waals surface area contributed by atoms with Crippen LogP contribution in [-0.2, 0) is 17.6 Å². The predicted octanol–water partition coefficient (Wildman–Crippen LogP) is 3.35. The zero-order chi connectivity index (χ0) is 17.4. The highest BCUT2D eigenvalue weighted by Crippen LogP contribution is 2.38. The van der Waals surface area contributed by atoms with E-state index in [-0.39, 0.29) is 12.0 Å². The first kappa shape index (κ1) is 15.8. The van der Waals surface area contributed by atoms with Crippen LogP contribution in [0.3, 0.4) is 0 Å². The van der Waals surface area contributed by atoms with E-state index in [0.29, 0.717) is 24.5 Å². The van der Waals surface area contributed by atoms with Crippen LogP contribution in [0.15, 0.2) is 36.4 Å². The molecule has 0 aliphatic carbocycles. The van der Waals surface area contributed by atoms with Crippen LogP contribution in [0.1, 0.15) is 25.0 Å². The largest absolute Gasteiger partial charge is 0.492 e. The van der Waals surface area contributed by atoms with Gasteiger partial charge in [0.15, 0.2) is 6.10 Å². The summed E-state index contributed by atoms with van der Waals surface area (Å²) >= 11 is 0. The van der Waals surface area contributed by atoms with E-state index < -0.39 is 6.10 Å². The molecule has 5 heteroatoms. The van der Waals surface area contributed by atoms with Crippen LogP contribution in [0.2, 0.25) is 0 Å². The molecule has 2 aromatic carbocycles. The number of fused-ring (bicyclic) bond motifs is 2. The molecule has 0 saturated heterocycles. The molecule has 2 unspecified atom stereocenters. The van der Waals surface area contributed by atoms with E-state index in [1.165, 1.54) is 0 Å². The lowest BCUT2D eigenvalue weighted by Crippen LogP contribution is -2.31. The van der Waals surface area contributed by atoms with Gasteiger partial charge < -0.3 is 19.5 Å². The normalized spacial score (nSPS) is 20.2. The smallest absolute Gasteiger partial charge is 0.265 e. The van der Waals surface area contributed by atoms with E-state index in [0.717, 1.165) is 29.0 Å². The van der Waals surface area contributed by atoms with E-state index in [2.05, 4.69) is 5.32 Å². The lowest BCUT2D eigenvalue weighted by molar-refractivity contribution is -0.122. The molecule has 0 radical (unpaired) electrons. The van der Waals surface area contributed by atoms with Gasteiger partial charge in [-0.05, 0) is 31.5 Å². The number of hydrogen-bond donors (Lipinski definition) is 1. The number of nitrogens with one attached hydrogen (secondary N) is 1. The van der Waals surface area contributed by atoms with Crippen molar-refractivity contribution < 1.29 is 19.0 Å². The summed E-state index contributed by atoms with van der Waals surface area (Å²) in [5.74, 6) is 2.08. The summed E-state index contributed by atoms with van der Waals surface area (Å²) in [5, 5.41) is 2.95. The van der Waals surface area contributed by atoms with Crippen LogP contribution in [-0.4, -0.2) is 24.7 Å². The van der Waals surface area contributed by atoms with Gasteiger partial charge in [0, 0.05) is 24.5 Å². The Morgan fingerprint density at radius 2 is 2.00 bits per heavy atom. The predicted molar refractivity (Wildman–Crippen MR) is 94.6 cm³/mol. The van der Waals surface area contributed by atoms with Crippen LogP contribution in [0.5, 0.6) is 17.2 Å². The average Bonchev–Trinajstić information content (AvgIpc) is 3.17. The first-order valence-electron chi connectivity index (χ1n) is 8.66. The number of hydrogen-bond acceptors (Lipinski definition) is 4. The standard InChI is InChI=1S/C20H21NO4/c1-3-23-18-10-14-8-12(2)24-17(14)11-15(18)21-20(22)19-9-13-6-4-5-7-16(13)25-19/h4-7,10-12,19H,3,8-9H2,1-2H3,(H,21,22). The van der Waals surface area contributed by atoms with Gasteiger partial charge in [0.1, 0.15) is 23.4 Å². The van der Waals surface area contributed by atoms with Gasteiger partial charge in [0.25, 0.3) is 5.91 Å². The van der Waals surface area contributed by atoms with Crippen LogP contribution >= 0.6 is 0 Å². The Morgan fingerprint density at radius 1 is 1.16 bits per heavy atom. The molecule has 2 atom stereocenters. The maximum Gasteiger partial charge on any atom is 0.265 e. The third-order valence-electron chi connectivity index (χ3n) is 4.50. The fraction of sp³-hybridized carbons (Fsp3) is 0.350. The molecule has 0 saturated carbocycles. The molecule has 4 rings (SSSR count). The Hall–Kier alpha value is -2.69. The van der Waals surface area contributed by atoms with E-state index in [9.17, 15) is 4.79 Å². The molecule has 0 fully saturated rings. The Morgan fingerprint density at radius 3 is 2.80 bits per heavy atom. The summed E-state index contributed by atoms with van der Waals surface area (Å²) in [7, 11) is 0. The van der Waals surface area contributed by atoms with Crippen molar-refractivity contribution in [3.8, 4) is 17.2 Å². The number of carbonyl (C=O) groups is 1. The second-order valence-electron chi connectivity index (χ2n) is 6.43. The van der Waals surface area contributed by atoms with Gasteiger partial charge >= 0.3 is 0 Å². The Labute approximate surface area is 146 Å². The fourth-order valence-electron chi connectivity index (χ4n) is 3.35. The summed E-state index contributed by atoms with van der Waals surface area (Å²) in [5.41, 5.74) is 2.79. The molecule has 0 bridgehead atoms. The minimum absolute atomic E-state index is 0.142. The van der Waals surface area contributed by atoms with Crippen molar-refractivity contribution in [2.45, 2.75) is 38.9 Å². The van der Waals surface area contributed by atoms with Crippen LogP contribution in [0.25, 0.3) is 0 Å². The van der Waals surface area contributed by atoms with Crippen molar-refractivity contribution in [3.05, 3.63) is 47.5 Å². The molecule has 2 aromatic rings. The molecule has 2 aliphatic rings. The number of benzene rings is 2. The highest BCUT2D eigenvalue weighted by Gasteiger charge is 2.30. The van der Waals surface area contributed by atoms with Crippen molar-refractivity contribution in [3.63, 3.8) is 0 Å². The molecule has 1 amide bonds. The number of carbonyl (C=O) groups excluding carboxylic acids is 1. The average molecular weight is 339 g/mol. The molecular weight excluding hydrogens is 318 g/mol. The maximum absolute atomic E-state index is 12.7. The van der Waals surface area contributed by atoms with E-state index in [4.69, 9.17) is 14.2 Å². The van der Waals surface area contributed by atoms with Gasteiger partial charge in [-0.2, -0.15) is 0 Å². The van der Waals surface area contributed by atoms with Gasteiger partial charge in [-0.3, -0.25) is 4.79 Å². The Kier molecular flexibility index (Phi) is 3.99. The lowest BCUT2D eigenvalue weighted by atomic mass is 10.1. The monoisotopic (exact) mass is 339 g/mol. The molecule has 130 valence electrons. The third kappa shape index (κ3) is 3.02. The molecule has 0 aromatic heterocycles. The van der Waals surface area contributed by atoms with Crippen LogP contribution in [0.4, 0.5) is 5.69 Å². The summed E-state index contributed by atoms with van der Waals surface area (Å²) in [4.78, 5) is 12.7. The van der Waals surface area contributed by atoms with E-state index in [1.807, 2.05) is 50.2 Å². The number of ether oxygens (including phenoxy) is 3. The van der Waals surface area contributed by atoms with Gasteiger partial charge in [-0.15, -0.1) is 0 Å². The summed E-state index contributed by atoms with van der Waals surface area (Å²) in [6.07, 6.45) is 1.04. The van der Waals surface area contributed by atoms with E-state index in [1.54, 1.807) is 0 Å². The first-order valence-corrected chi connectivity index (χ1v) is 8.66. The van der Waals surface area contributed by atoms with Gasteiger partial charge in [0.05, 0.1) is 12.3 Å². The molecule has 25 heavy (non-hydrogen) atoms.